The number of esters is 1. The average Bonchev–Trinajstić information content (AvgIpc) is 2.38. The van der Waals surface area contributed by atoms with Crippen LogP contribution in [0.2, 0.25) is 0 Å². The predicted octanol–water partition coefficient (Wildman–Crippen LogP) is 2.97. The molecule has 0 aliphatic rings. The number of benzene rings is 1. The lowest BCUT2D eigenvalue weighted by Crippen LogP contribution is -2.08. The molecule has 19 heavy (non-hydrogen) atoms. The van der Waals surface area contributed by atoms with Gasteiger partial charge < -0.3 is 15.2 Å². The van der Waals surface area contributed by atoms with Crippen LogP contribution in [0, 0.1) is 0 Å². The molecule has 1 aromatic carbocycles. The average molecular weight is 283 g/mol. The van der Waals surface area contributed by atoms with E-state index in [9.17, 15) is 4.79 Å². The predicted molar refractivity (Wildman–Crippen MR) is 79.9 cm³/mol. The van der Waals surface area contributed by atoms with Gasteiger partial charge in [-0.1, -0.05) is 6.92 Å². The molecule has 0 aliphatic carbocycles. The highest BCUT2D eigenvalue weighted by Crippen LogP contribution is 2.19. The highest BCUT2D eigenvalue weighted by atomic mass is 32.2. The van der Waals surface area contributed by atoms with E-state index in [1.807, 2.05) is 18.7 Å². The van der Waals surface area contributed by atoms with E-state index < -0.39 is 0 Å². The molecule has 0 aromatic heterocycles. The smallest absolute Gasteiger partial charge is 0.338 e. The number of thioether (sulfide) groups is 1. The quantitative estimate of drug-likeness (QED) is 0.451. The Hall–Kier alpha value is -1.36. The first-order valence-electron chi connectivity index (χ1n) is 6.45. The molecule has 0 saturated heterocycles. The van der Waals surface area contributed by atoms with Gasteiger partial charge in [0.05, 0.1) is 18.8 Å². The van der Waals surface area contributed by atoms with Crippen molar-refractivity contribution in [1.82, 2.24) is 0 Å². The highest BCUT2D eigenvalue weighted by Gasteiger charge is 2.09. The Morgan fingerprint density at radius 3 is 2.79 bits per heavy atom. The number of nitrogens with two attached hydrogens (primary N) is 1. The van der Waals surface area contributed by atoms with Crippen LogP contribution in [0.25, 0.3) is 0 Å². The second-order valence-corrected chi connectivity index (χ2v) is 5.30. The molecule has 0 saturated carbocycles. The van der Waals surface area contributed by atoms with Gasteiger partial charge >= 0.3 is 5.97 Å². The summed E-state index contributed by atoms with van der Waals surface area (Å²) >= 11 is 1.84. The summed E-state index contributed by atoms with van der Waals surface area (Å²) in [5, 5.41) is 0. The zero-order valence-corrected chi connectivity index (χ0v) is 12.3. The van der Waals surface area contributed by atoms with Crippen LogP contribution in [0.1, 0.15) is 30.6 Å². The van der Waals surface area contributed by atoms with E-state index in [4.69, 9.17) is 15.2 Å². The lowest BCUT2D eigenvalue weighted by atomic mass is 10.2. The maximum atomic E-state index is 11.8. The Balaban J connectivity index is 2.51. The van der Waals surface area contributed by atoms with Crippen molar-refractivity contribution in [1.29, 1.82) is 0 Å². The van der Waals surface area contributed by atoms with Crippen molar-refractivity contribution >= 4 is 23.4 Å². The number of carbonyl (C=O) groups excluding carboxylic acids is 1. The first-order chi connectivity index (χ1) is 9.17. The van der Waals surface area contributed by atoms with Gasteiger partial charge in [0.25, 0.3) is 0 Å². The largest absolute Gasteiger partial charge is 0.494 e. The van der Waals surface area contributed by atoms with Crippen molar-refractivity contribution in [2.45, 2.75) is 20.3 Å². The van der Waals surface area contributed by atoms with Gasteiger partial charge in [0.1, 0.15) is 5.75 Å². The number of ether oxygens (including phenoxy) is 2. The van der Waals surface area contributed by atoms with Gasteiger partial charge in [-0.2, -0.15) is 11.8 Å². The second-order valence-electron chi connectivity index (χ2n) is 3.91. The molecule has 0 heterocycles. The lowest BCUT2D eigenvalue weighted by Gasteiger charge is -2.08. The number of carbonyl (C=O) groups is 1. The normalized spacial score (nSPS) is 10.2. The number of rotatable bonds is 8. The zero-order valence-electron chi connectivity index (χ0n) is 11.5. The molecule has 0 bridgehead atoms. The summed E-state index contributed by atoms with van der Waals surface area (Å²) in [5.74, 6) is 2.33. The van der Waals surface area contributed by atoms with Crippen molar-refractivity contribution in [3.8, 4) is 5.75 Å². The number of hydrogen-bond donors (Lipinski definition) is 1. The third-order valence-corrected chi connectivity index (χ3v) is 3.33. The van der Waals surface area contributed by atoms with Crippen LogP contribution >= 0.6 is 11.8 Å². The molecule has 4 nitrogen and oxygen atoms in total. The molecule has 0 unspecified atom stereocenters. The molecule has 0 radical (unpaired) electrons. The number of nitrogen functional groups attached to an aromatic ring is 1. The standard InChI is InChI=1S/C14H21NO3S/c1-3-17-13-9-11(8-12(15)10-13)14(16)18-6-5-7-19-4-2/h8-10H,3-7,15H2,1-2H3. The molecule has 2 N–H and O–H groups in total. The summed E-state index contributed by atoms with van der Waals surface area (Å²) in [4.78, 5) is 11.8. The summed E-state index contributed by atoms with van der Waals surface area (Å²) in [7, 11) is 0. The topological polar surface area (TPSA) is 61.5 Å². The second kappa shape index (κ2) is 8.69. The molecule has 1 aromatic rings. The summed E-state index contributed by atoms with van der Waals surface area (Å²) in [6.07, 6.45) is 0.866. The van der Waals surface area contributed by atoms with Crippen molar-refractivity contribution in [3.63, 3.8) is 0 Å². The first-order valence-corrected chi connectivity index (χ1v) is 7.61. The maximum Gasteiger partial charge on any atom is 0.338 e. The fourth-order valence-electron chi connectivity index (χ4n) is 1.54. The van der Waals surface area contributed by atoms with E-state index in [2.05, 4.69) is 6.92 Å². The molecule has 5 heteroatoms. The van der Waals surface area contributed by atoms with Gasteiger partial charge in [-0.25, -0.2) is 4.79 Å². The Kier molecular flexibility index (Phi) is 7.18. The van der Waals surface area contributed by atoms with E-state index in [1.54, 1.807) is 18.2 Å². The lowest BCUT2D eigenvalue weighted by molar-refractivity contribution is 0.0506. The van der Waals surface area contributed by atoms with Gasteiger partial charge in [0.15, 0.2) is 0 Å². The van der Waals surface area contributed by atoms with Gasteiger partial charge in [0, 0.05) is 11.8 Å². The van der Waals surface area contributed by atoms with E-state index in [0.29, 0.717) is 30.2 Å². The Labute approximate surface area is 118 Å². The van der Waals surface area contributed by atoms with E-state index in [-0.39, 0.29) is 5.97 Å². The van der Waals surface area contributed by atoms with Crippen LogP contribution in [0.5, 0.6) is 5.75 Å². The van der Waals surface area contributed by atoms with E-state index >= 15 is 0 Å². The van der Waals surface area contributed by atoms with Crippen LogP contribution in [0.3, 0.4) is 0 Å². The van der Waals surface area contributed by atoms with Crippen molar-refractivity contribution in [3.05, 3.63) is 23.8 Å². The van der Waals surface area contributed by atoms with Gasteiger partial charge in [-0.05, 0) is 37.0 Å². The fourth-order valence-corrected chi connectivity index (χ4v) is 2.15. The monoisotopic (exact) mass is 283 g/mol. The third-order valence-electron chi connectivity index (χ3n) is 2.35. The van der Waals surface area contributed by atoms with E-state index in [1.165, 1.54) is 0 Å². The Morgan fingerprint density at radius 1 is 1.32 bits per heavy atom. The molecular weight excluding hydrogens is 262 g/mol. The molecule has 0 spiro atoms. The van der Waals surface area contributed by atoms with E-state index in [0.717, 1.165) is 17.9 Å². The third kappa shape index (κ3) is 5.87. The Morgan fingerprint density at radius 2 is 2.11 bits per heavy atom. The highest BCUT2D eigenvalue weighted by molar-refractivity contribution is 7.99. The Bertz CT molecular complexity index is 410. The molecule has 106 valence electrons. The molecule has 1 rings (SSSR count). The summed E-state index contributed by atoms with van der Waals surface area (Å²) in [6, 6.07) is 4.95. The van der Waals surface area contributed by atoms with Crippen molar-refractivity contribution < 1.29 is 14.3 Å². The summed E-state index contributed by atoms with van der Waals surface area (Å²) in [6.45, 7) is 4.96. The van der Waals surface area contributed by atoms with Crippen LogP contribution in [-0.2, 0) is 4.74 Å². The molecule has 0 aliphatic heterocycles. The summed E-state index contributed by atoms with van der Waals surface area (Å²) in [5.41, 5.74) is 6.67. The van der Waals surface area contributed by atoms with Gasteiger partial charge in [-0.15, -0.1) is 0 Å². The minimum absolute atomic E-state index is 0.352. The fraction of sp³-hybridized carbons (Fsp3) is 0.500. The molecular formula is C14H21NO3S. The molecule has 0 atom stereocenters. The van der Waals surface area contributed by atoms with Crippen LogP contribution in [0.4, 0.5) is 5.69 Å². The van der Waals surface area contributed by atoms with Gasteiger partial charge in [0.2, 0.25) is 0 Å². The number of hydrogen-bond acceptors (Lipinski definition) is 5. The number of anilines is 1. The zero-order chi connectivity index (χ0) is 14.1. The van der Waals surface area contributed by atoms with Crippen LogP contribution in [0.15, 0.2) is 18.2 Å². The van der Waals surface area contributed by atoms with Crippen molar-refractivity contribution in [2.75, 3.05) is 30.5 Å². The van der Waals surface area contributed by atoms with Gasteiger partial charge in [-0.3, -0.25) is 0 Å². The van der Waals surface area contributed by atoms with Crippen LogP contribution in [-0.4, -0.2) is 30.7 Å². The minimum Gasteiger partial charge on any atom is -0.494 e. The molecule has 0 fully saturated rings. The SMILES string of the molecule is CCOc1cc(N)cc(C(=O)OCCCSCC)c1. The van der Waals surface area contributed by atoms with Crippen molar-refractivity contribution in [2.24, 2.45) is 0 Å². The molecule has 0 amide bonds. The maximum absolute atomic E-state index is 11.8. The summed E-state index contributed by atoms with van der Waals surface area (Å²) < 4.78 is 10.5. The van der Waals surface area contributed by atoms with Crippen LogP contribution < -0.4 is 10.5 Å². The minimum atomic E-state index is -0.352. The first kappa shape index (κ1) is 15.7.